The highest BCUT2D eigenvalue weighted by Gasteiger charge is 2.40. The molecule has 0 aromatic carbocycles. The molecule has 3 nitrogen and oxygen atoms in total. The number of hydrogen-bond donors (Lipinski definition) is 0. The molecule has 0 aromatic rings. The van der Waals surface area contributed by atoms with Gasteiger partial charge in [0, 0.05) is 31.5 Å². The Morgan fingerprint density at radius 2 is 2.00 bits per heavy atom. The Labute approximate surface area is 101 Å². The van der Waals surface area contributed by atoms with Crippen molar-refractivity contribution in [3.8, 4) is 0 Å². The molecule has 1 atom stereocenters. The maximum absolute atomic E-state index is 12.1. The monoisotopic (exact) mass is 253 g/mol. The van der Waals surface area contributed by atoms with Crippen LogP contribution in [0.4, 0.5) is 0 Å². The van der Waals surface area contributed by atoms with E-state index < -0.39 is 5.60 Å². The van der Waals surface area contributed by atoms with Crippen molar-refractivity contribution in [3.05, 3.63) is 0 Å². The number of ether oxygens (including phenoxy) is 1. The third-order valence-corrected chi connectivity index (χ3v) is 3.01. The molecule has 1 fully saturated rings. The van der Waals surface area contributed by atoms with Crippen molar-refractivity contribution in [1.29, 1.82) is 0 Å². The molecule has 88 valence electrons. The van der Waals surface area contributed by atoms with E-state index in [0.717, 1.165) is 12.8 Å². The number of rotatable bonds is 5. The van der Waals surface area contributed by atoms with E-state index in [0.29, 0.717) is 31.5 Å². The summed E-state index contributed by atoms with van der Waals surface area (Å²) in [6.07, 6.45) is 1.73. The summed E-state index contributed by atoms with van der Waals surface area (Å²) in [5.74, 6) is 0.874. The molecule has 1 aliphatic heterocycles. The van der Waals surface area contributed by atoms with Gasteiger partial charge in [0.1, 0.15) is 5.60 Å². The molecule has 1 heterocycles. The fraction of sp³-hybridized carbons (Fsp3) is 0.900. The fourth-order valence-corrected chi connectivity index (χ4v) is 2.21. The molecule has 0 saturated carbocycles. The molecule has 0 spiro atoms. The Balaban J connectivity index is 2.61. The smallest absolute Gasteiger partial charge is 0.254 e. The third kappa shape index (κ3) is 3.23. The lowest BCUT2D eigenvalue weighted by Gasteiger charge is -2.30. The van der Waals surface area contributed by atoms with Crippen molar-refractivity contribution < 1.29 is 9.53 Å². The number of carbonyl (C=O) groups is 1. The van der Waals surface area contributed by atoms with Crippen molar-refractivity contribution in [2.75, 3.05) is 31.5 Å². The molecule has 0 radical (unpaired) electrons. The molecule has 0 N–H and O–H groups in total. The average molecular weight is 254 g/mol. The van der Waals surface area contributed by atoms with Gasteiger partial charge in [-0.2, -0.15) is 0 Å². The van der Waals surface area contributed by atoms with Crippen molar-refractivity contribution in [2.45, 2.75) is 25.4 Å². The van der Waals surface area contributed by atoms with Crippen molar-refractivity contribution in [1.82, 2.24) is 4.90 Å². The fourth-order valence-electron chi connectivity index (χ4n) is 1.80. The van der Waals surface area contributed by atoms with Crippen LogP contribution in [-0.4, -0.2) is 47.9 Å². The standard InChI is InChI=1S/C10H17Cl2NO2/c1-10(3-2-8-15-10)9(14)13(6-4-11)7-5-12/h2-8H2,1H3. The zero-order valence-corrected chi connectivity index (χ0v) is 10.5. The summed E-state index contributed by atoms with van der Waals surface area (Å²) >= 11 is 11.3. The number of halogens is 2. The lowest BCUT2D eigenvalue weighted by molar-refractivity contribution is -0.150. The van der Waals surface area contributed by atoms with Gasteiger partial charge in [-0.1, -0.05) is 0 Å². The van der Waals surface area contributed by atoms with Gasteiger partial charge in [0.05, 0.1) is 0 Å². The molecular formula is C10H17Cl2NO2. The average Bonchev–Trinajstić information content (AvgIpc) is 2.65. The number of nitrogens with zero attached hydrogens (tertiary/aromatic N) is 1. The first kappa shape index (κ1) is 13.1. The highest BCUT2D eigenvalue weighted by molar-refractivity contribution is 6.18. The summed E-state index contributed by atoms with van der Waals surface area (Å²) in [5.41, 5.74) is -0.655. The summed E-state index contributed by atoms with van der Waals surface area (Å²) in [7, 11) is 0. The normalized spacial score (nSPS) is 25.5. The van der Waals surface area contributed by atoms with E-state index in [1.807, 2.05) is 6.92 Å². The Morgan fingerprint density at radius 3 is 2.40 bits per heavy atom. The molecule has 1 rings (SSSR count). The number of hydrogen-bond acceptors (Lipinski definition) is 2. The van der Waals surface area contributed by atoms with Gasteiger partial charge < -0.3 is 9.64 Å². The highest BCUT2D eigenvalue weighted by Crippen LogP contribution is 2.27. The summed E-state index contributed by atoms with van der Waals surface area (Å²) in [6.45, 7) is 3.58. The molecule has 0 bridgehead atoms. The highest BCUT2D eigenvalue weighted by atomic mass is 35.5. The topological polar surface area (TPSA) is 29.5 Å². The first-order valence-corrected chi connectivity index (χ1v) is 6.26. The van der Waals surface area contributed by atoms with Crippen LogP contribution in [-0.2, 0) is 9.53 Å². The van der Waals surface area contributed by atoms with Crippen LogP contribution < -0.4 is 0 Å². The minimum absolute atomic E-state index is 0.0151. The van der Waals surface area contributed by atoms with Gasteiger partial charge in [-0.25, -0.2) is 0 Å². The predicted molar refractivity (Wildman–Crippen MR) is 61.6 cm³/mol. The molecule has 5 heteroatoms. The number of amides is 1. The van der Waals surface area contributed by atoms with Gasteiger partial charge in [0.2, 0.25) is 0 Å². The lowest BCUT2D eigenvalue weighted by atomic mass is 10.0. The first-order valence-electron chi connectivity index (χ1n) is 5.19. The van der Waals surface area contributed by atoms with Gasteiger partial charge in [-0.15, -0.1) is 23.2 Å². The van der Waals surface area contributed by atoms with E-state index in [9.17, 15) is 4.79 Å². The second-order valence-corrected chi connectivity index (χ2v) is 4.61. The van der Waals surface area contributed by atoms with Gasteiger partial charge in [0.15, 0.2) is 0 Å². The third-order valence-electron chi connectivity index (χ3n) is 2.67. The summed E-state index contributed by atoms with van der Waals surface area (Å²) in [5, 5.41) is 0. The minimum Gasteiger partial charge on any atom is -0.365 e. The Kier molecular flexibility index (Phi) is 5.16. The molecule has 15 heavy (non-hydrogen) atoms. The largest absolute Gasteiger partial charge is 0.365 e. The molecule has 0 aliphatic carbocycles. The summed E-state index contributed by atoms with van der Waals surface area (Å²) in [4.78, 5) is 13.8. The van der Waals surface area contributed by atoms with E-state index in [4.69, 9.17) is 27.9 Å². The Hall–Kier alpha value is 0.01000. The zero-order chi connectivity index (χ0) is 11.3. The van der Waals surface area contributed by atoms with Gasteiger partial charge in [-0.05, 0) is 19.8 Å². The van der Waals surface area contributed by atoms with Crippen molar-refractivity contribution >= 4 is 29.1 Å². The second kappa shape index (κ2) is 5.92. The van der Waals surface area contributed by atoms with Crippen LogP contribution >= 0.6 is 23.2 Å². The van der Waals surface area contributed by atoms with E-state index >= 15 is 0 Å². The van der Waals surface area contributed by atoms with Gasteiger partial charge in [-0.3, -0.25) is 4.79 Å². The van der Waals surface area contributed by atoms with Gasteiger partial charge in [0.25, 0.3) is 5.91 Å². The zero-order valence-electron chi connectivity index (χ0n) is 8.97. The summed E-state index contributed by atoms with van der Waals surface area (Å²) < 4.78 is 5.50. The molecule has 1 saturated heterocycles. The van der Waals surface area contributed by atoms with E-state index in [1.165, 1.54) is 0 Å². The van der Waals surface area contributed by atoms with E-state index in [1.54, 1.807) is 4.90 Å². The quantitative estimate of drug-likeness (QED) is 0.701. The molecule has 1 amide bonds. The van der Waals surface area contributed by atoms with Gasteiger partial charge >= 0.3 is 0 Å². The number of carbonyl (C=O) groups excluding carboxylic acids is 1. The van der Waals surface area contributed by atoms with Crippen molar-refractivity contribution in [2.24, 2.45) is 0 Å². The van der Waals surface area contributed by atoms with Crippen LogP contribution in [0, 0.1) is 0 Å². The first-order chi connectivity index (χ1) is 7.14. The molecular weight excluding hydrogens is 237 g/mol. The number of alkyl halides is 2. The molecule has 1 aliphatic rings. The summed E-state index contributed by atoms with van der Waals surface area (Å²) in [6, 6.07) is 0. The Bertz CT molecular complexity index is 211. The van der Waals surface area contributed by atoms with Crippen LogP contribution in [0.2, 0.25) is 0 Å². The second-order valence-electron chi connectivity index (χ2n) is 3.85. The lowest BCUT2D eigenvalue weighted by Crippen LogP contribution is -2.48. The van der Waals surface area contributed by atoms with Crippen LogP contribution in [0.15, 0.2) is 0 Å². The molecule has 0 aromatic heterocycles. The maximum Gasteiger partial charge on any atom is 0.254 e. The predicted octanol–water partition coefficient (Wildman–Crippen LogP) is 1.86. The molecule has 1 unspecified atom stereocenters. The van der Waals surface area contributed by atoms with E-state index in [-0.39, 0.29) is 5.91 Å². The van der Waals surface area contributed by atoms with Crippen LogP contribution in [0.25, 0.3) is 0 Å². The minimum atomic E-state index is -0.655. The van der Waals surface area contributed by atoms with E-state index in [2.05, 4.69) is 0 Å². The van der Waals surface area contributed by atoms with Crippen LogP contribution in [0.5, 0.6) is 0 Å². The van der Waals surface area contributed by atoms with Crippen LogP contribution in [0.1, 0.15) is 19.8 Å². The SMILES string of the molecule is CC1(C(=O)N(CCCl)CCCl)CCCO1. The van der Waals surface area contributed by atoms with Crippen LogP contribution in [0.3, 0.4) is 0 Å². The Morgan fingerprint density at radius 1 is 1.40 bits per heavy atom. The maximum atomic E-state index is 12.1. The van der Waals surface area contributed by atoms with Crippen molar-refractivity contribution in [3.63, 3.8) is 0 Å².